The molecule has 0 fully saturated rings. The average molecular weight is 309 g/mol. The summed E-state index contributed by atoms with van der Waals surface area (Å²) < 4.78 is 9.62. The van der Waals surface area contributed by atoms with Crippen LogP contribution in [0.2, 0.25) is 0 Å². The Morgan fingerprint density at radius 2 is 1.68 bits per heavy atom. The number of hydrogen-bond donors (Lipinski definition) is 2. The number of esters is 2. The van der Waals surface area contributed by atoms with Gasteiger partial charge in [0, 0.05) is 5.69 Å². The molecule has 7 nitrogen and oxygen atoms in total. The maximum absolute atomic E-state index is 11.9. The highest BCUT2D eigenvalue weighted by atomic mass is 16.6. The number of rotatable bonds is 5. The summed E-state index contributed by atoms with van der Waals surface area (Å²) in [5.41, 5.74) is -0.107. The molecule has 0 heterocycles. The fourth-order valence-electron chi connectivity index (χ4n) is 1.57. The summed E-state index contributed by atoms with van der Waals surface area (Å²) in [4.78, 5) is 34.4. The standard InChI is InChI=1S/C15H19NO6/c1-15(2,3)22-14(20)11(12(17)18)16-10-7-5-9(6-8-10)13(19)21-4/h5-8,11,16H,1-4H3,(H,17,18)/t11-/m1/s1. The average Bonchev–Trinajstić information content (AvgIpc) is 2.42. The smallest absolute Gasteiger partial charge is 0.340 e. The Labute approximate surface area is 128 Å². The van der Waals surface area contributed by atoms with Crippen LogP contribution in [0.25, 0.3) is 0 Å². The van der Waals surface area contributed by atoms with Crippen LogP contribution in [-0.4, -0.2) is 41.8 Å². The number of carboxylic acids is 1. The molecule has 0 aromatic heterocycles. The molecule has 0 amide bonds. The minimum Gasteiger partial charge on any atom is -0.479 e. The van der Waals surface area contributed by atoms with E-state index in [9.17, 15) is 14.4 Å². The number of anilines is 1. The zero-order valence-corrected chi connectivity index (χ0v) is 12.9. The molecular weight excluding hydrogens is 290 g/mol. The molecule has 0 spiro atoms. The van der Waals surface area contributed by atoms with Gasteiger partial charge < -0.3 is 19.9 Å². The molecular formula is C15H19NO6. The summed E-state index contributed by atoms with van der Waals surface area (Å²) in [5.74, 6) is -2.75. The summed E-state index contributed by atoms with van der Waals surface area (Å²) in [7, 11) is 1.26. The number of carboxylic acid groups (broad SMARTS) is 1. The fraction of sp³-hybridized carbons (Fsp3) is 0.400. The maximum atomic E-state index is 11.9. The molecule has 120 valence electrons. The number of methoxy groups -OCH3 is 1. The van der Waals surface area contributed by atoms with Crippen molar-refractivity contribution in [1.82, 2.24) is 0 Å². The van der Waals surface area contributed by atoms with Gasteiger partial charge in [0.2, 0.25) is 6.04 Å². The molecule has 0 aliphatic carbocycles. The first-order valence-corrected chi connectivity index (χ1v) is 6.54. The molecule has 1 rings (SSSR count). The van der Waals surface area contributed by atoms with Crippen LogP contribution in [0.1, 0.15) is 31.1 Å². The van der Waals surface area contributed by atoms with E-state index in [0.717, 1.165) is 0 Å². The van der Waals surface area contributed by atoms with Crippen LogP contribution >= 0.6 is 0 Å². The van der Waals surface area contributed by atoms with Crippen molar-refractivity contribution in [2.24, 2.45) is 0 Å². The molecule has 2 N–H and O–H groups in total. The van der Waals surface area contributed by atoms with Gasteiger partial charge in [0.05, 0.1) is 12.7 Å². The highest BCUT2D eigenvalue weighted by Gasteiger charge is 2.31. The number of ether oxygens (including phenoxy) is 2. The number of carbonyl (C=O) groups is 3. The topological polar surface area (TPSA) is 102 Å². The Balaban J connectivity index is 2.86. The molecule has 0 saturated carbocycles. The van der Waals surface area contributed by atoms with Crippen LogP contribution in [0.3, 0.4) is 0 Å². The molecule has 0 bridgehead atoms. The van der Waals surface area contributed by atoms with Crippen LogP contribution < -0.4 is 5.32 Å². The van der Waals surface area contributed by atoms with Crippen molar-refractivity contribution in [1.29, 1.82) is 0 Å². The van der Waals surface area contributed by atoms with Gasteiger partial charge in [0.1, 0.15) is 5.60 Å². The number of benzene rings is 1. The van der Waals surface area contributed by atoms with E-state index < -0.39 is 29.6 Å². The van der Waals surface area contributed by atoms with Gasteiger partial charge in [-0.2, -0.15) is 0 Å². The van der Waals surface area contributed by atoms with Crippen LogP contribution in [0.15, 0.2) is 24.3 Å². The van der Waals surface area contributed by atoms with Crippen molar-refractivity contribution in [2.75, 3.05) is 12.4 Å². The minimum atomic E-state index is -1.54. The Morgan fingerprint density at radius 1 is 1.14 bits per heavy atom. The molecule has 7 heteroatoms. The van der Waals surface area contributed by atoms with E-state index in [-0.39, 0.29) is 0 Å². The molecule has 1 aromatic carbocycles. The van der Waals surface area contributed by atoms with E-state index >= 15 is 0 Å². The zero-order chi connectivity index (χ0) is 16.9. The lowest BCUT2D eigenvalue weighted by Crippen LogP contribution is -2.42. The summed E-state index contributed by atoms with van der Waals surface area (Å²) in [6.45, 7) is 4.94. The number of carbonyl (C=O) groups excluding carboxylic acids is 2. The molecule has 0 unspecified atom stereocenters. The first-order chi connectivity index (χ1) is 10.1. The Bertz CT molecular complexity index is 558. The van der Waals surface area contributed by atoms with Gasteiger partial charge in [-0.05, 0) is 45.0 Å². The lowest BCUT2D eigenvalue weighted by Gasteiger charge is -2.23. The molecule has 1 atom stereocenters. The van der Waals surface area contributed by atoms with Gasteiger partial charge in [0.25, 0.3) is 0 Å². The van der Waals surface area contributed by atoms with E-state index in [2.05, 4.69) is 10.1 Å². The fourth-order valence-corrected chi connectivity index (χ4v) is 1.57. The van der Waals surface area contributed by atoms with Gasteiger partial charge >= 0.3 is 17.9 Å². The van der Waals surface area contributed by atoms with Crippen molar-refractivity contribution in [2.45, 2.75) is 32.4 Å². The lowest BCUT2D eigenvalue weighted by atomic mass is 10.1. The van der Waals surface area contributed by atoms with Gasteiger partial charge in [-0.15, -0.1) is 0 Å². The van der Waals surface area contributed by atoms with E-state index in [1.807, 2.05) is 0 Å². The van der Waals surface area contributed by atoms with Gasteiger partial charge in [-0.25, -0.2) is 14.4 Å². The van der Waals surface area contributed by atoms with Crippen molar-refractivity contribution in [3.63, 3.8) is 0 Å². The third kappa shape index (κ3) is 5.08. The quantitative estimate of drug-likeness (QED) is 0.630. The second-order valence-electron chi connectivity index (χ2n) is 5.52. The molecule has 0 radical (unpaired) electrons. The second kappa shape index (κ2) is 6.93. The van der Waals surface area contributed by atoms with Gasteiger partial charge in [-0.1, -0.05) is 0 Å². The summed E-state index contributed by atoms with van der Waals surface area (Å²) in [6, 6.07) is 4.34. The van der Waals surface area contributed by atoms with Crippen molar-refractivity contribution in [3.05, 3.63) is 29.8 Å². The highest BCUT2D eigenvalue weighted by Crippen LogP contribution is 2.14. The maximum Gasteiger partial charge on any atom is 0.340 e. The molecule has 0 saturated heterocycles. The van der Waals surface area contributed by atoms with Gasteiger partial charge in [0.15, 0.2) is 0 Å². The SMILES string of the molecule is COC(=O)c1ccc(N[C@H](C(=O)O)C(=O)OC(C)(C)C)cc1. The number of hydrogen-bond acceptors (Lipinski definition) is 6. The third-order valence-electron chi connectivity index (χ3n) is 2.51. The minimum absolute atomic E-state index is 0.317. The Morgan fingerprint density at radius 3 is 2.09 bits per heavy atom. The summed E-state index contributed by atoms with van der Waals surface area (Å²) >= 11 is 0. The largest absolute Gasteiger partial charge is 0.479 e. The van der Waals surface area contributed by atoms with Crippen LogP contribution in [0.4, 0.5) is 5.69 Å². The molecule has 22 heavy (non-hydrogen) atoms. The first kappa shape index (κ1) is 17.5. The van der Waals surface area contributed by atoms with Gasteiger partial charge in [-0.3, -0.25) is 0 Å². The van der Waals surface area contributed by atoms with Crippen LogP contribution in [0.5, 0.6) is 0 Å². The second-order valence-corrected chi connectivity index (χ2v) is 5.52. The van der Waals surface area contributed by atoms with Crippen LogP contribution in [0, 0.1) is 0 Å². The zero-order valence-electron chi connectivity index (χ0n) is 12.9. The monoisotopic (exact) mass is 309 g/mol. The lowest BCUT2D eigenvalue weighted by molar-refractivity contribution is -0.160. The van der Waals surface area contributed by atoms with Crippen molar-refractivity contribution < 1.29 is 29.0 Å². The molecule has 0 aliphatic rings. The van der Waals surface area contributed by atoms with E-state index in [1.165, 1.54) is 31.4 Å². The summed E-state index contributed by atoms with van der Waals surface area (Å²) in [6.07, 6.45) is 0. The third-order valence-corrected chi connectivity index (χ3v) is 2.51. The predicted octanol–water partition coefficient (Wildman–Crippen LogP) is 1.68. The van der Waals surface area contributed by atoms with E-state index in [4.69, 9.17) is 9.84 Å². The molecule has 1 aromatic rings. The van der Waals surface area contributed by atoms with Crippen molar-refractivity contribution >= 4 is 23.6 Å². The normalized spacial score (nSPS) is 12.2. The molecule has 0 aliphatic heterocycles. The number of nitrogens with one attached hydrogen (secondary N) is 1. The predicted molar refractivity (Wildman–Crippen MR) is 78.7 cm³/mol. The highest BCUT2D eigenvalue weighted by molar-refractivity contribution is 6.01. The Hall–Kier alpha value is -2.57. The van der Waals surface area contributed by atoms with E-state index in [1.54, 1.807) is 20.8 Å². The van der Waals surface area contributed by atoms with Crippen LogP contribution in [-0.2, 0) is 19.1 Å². The number of aliphatic carboxylic acids is 1. The first-order valence-electron chi connectivity index (χ1n) is 6.54. The van der Waals surface area contributed by atoms with E-state index in [0.29, 0.717) is 11.3 Å². The summed E-state index contributed by atoms with van der Waals surface area (Å²) in [5, 5.41) is 11.7. The van der Waals surface area contributed by atoms with Crippen molar-refractivity contribution in [3.8, 4) is 0 Å². The Kier molecular flexibility index (Phi) is 5.50.